The molecule has 0 bridgehead atoms. The number of rotatable bonds is 10. The summed E-state index contributed by atoms with van der Waals surface area (Å²) in [5, 5.41) is 0.448. The summed E-state index contributed by atoms with van der Waals surface area (Å²) in [5.41, 5.74) is 2.73. The molecule has 0 unspecified atom stereocenters. The smallest absolute Gasteiger partial charge is 0.193 e. The van der Waals surface area contributed by atoms with Crippen LogP contribution in [0.1, 0.15) is 30.9 Å². The quantitative estimate of drug-likeness (QED) is 0.181. The van der Waals surface area contributed by atoms with E-state index in [4.69, 9.17) is 23.4 Å². The van der Waals surface area contributed by atoms with Gasteiger partial charge in [0.2, 0.25) is 0 Å². The van der Waals surface area contributed by atoms with Crippen molar-refractivity contribution in [2.24, 2.45) is 0 Å². The molecule has 0 aliphatic carbocycles. The molecule has 186 valence electrons. The van der Waals surface area contributed by atoms with Crippen LogP contribution in [-0.2, 0) is 0 Å². The predicted molar refractivity (Wildman–Crippen MR) is 143 cm³/mol. The fraction of sp³-hybridized carbons (Fsp3) is 0.233. The summed E-state index contributed by atoms with van der Waals surface area (Å²) in [5.74, 6) is 3.00. The van der Waals surface area contributed by atoms with Gasteiger partial charge in [0.15, 0.2) is 5.43 Å². The average Bonchev–Trinajstić information content (AvgIpc) is 2.91. The van der Waals surface area contributed by atoms with Crippen LogP contribution in [0, 0.1) is 0 Å². The third-order valence-electron chi connectivity index (χ3n) is 5.84. The second-order valence-electron chi connectivity index (χ2n) is 8.24. The van der Waals surface area contributed by atoms with Gasteiger partial charge in [-0.25, -0.2) is 0 Å². The third kappa shape index (κ3) is 5.54. The Balaban J connectivity index is 1.76. The van der Waals surface area contributed by atoms with Crippen LogP contribution in [-0.4, -0.2) is 27.9 Å². The normalized spacial score (nSPS) is 11.1. The van der Waals surface area contributed by atoms with Gasteiger partial charge in [-0.3, -0.25) is 4.79 Å². The lowest BCUT2D eigenvalue weighted by Gasteiger charge is -2.14. The van der Waals surface area contributed by atoms with E-state index >= 15 is 0 Å². The van der Waals surface area contributed by atoms with E-state index in [0.29, 0.717) is 46.1 Å². The van der Waals surface area contributed by atoms with Crippen molar-refractivity contribution >= 4 is 23.1 Å². The first-order chi connectivity index (χ1) is 17.6. The second kappa shape index (κ2) is 11.5. The molecule has 0 aliphatic rings. The highest BCUT2D eigenvalue weighted by molar-refractivity contribution is 5.86. The van der Waals surface area contributed by atoms with Crippen molar-refractivity contribution in [1.82, 2.24) is 0 Å². The Bertz CT molecular complexity index is 1420. The first kappa shape index (κ1) is 24.9. The summed E-state index contributed by atoms with van der Waals surface area (Å²) >= 11 is 0. The number of benzene rings is 3. The maximum Gasteiger partial charge on any atom is 0.193 e. The molecule has 0 aliphatic heterocycles. The zero-order valence-electron chi connectivity index (χ0n) is 21.0. The van der Waals surface area contributed by atoms with E-state index in [1.807, 2.05) is 42.5 Å². The second-order valence-corrected chi connectivity index (χ2v) is 8.24. The first-order valence-electron chi connectivity index (χ1n) is 11.9. The molecule has 0 radical (unpaired) electrons. The fourth-order valence-corrected chi connectivity index (χ4v) is 3.87. The van der Waals surface area contributed by atoms with E-state index in [1.165, 1.54) is 6.07 Å². The van der Waals surface area contributed by atoms with Crippen LogP contribution in [0.2, 0.25) is 0 Å². The average molecular weight is 487 g/mol. The molecule has 0 saturated heterocycles. The van der Waals surface area contributed by atoms with Gasteiger partial charge < -0.3 is 23.4 Å². The van der Waals surface area contributed by atoms with Gasteiger partial charge in [0.25, 0.3) is 0 Å². The van der Waals surface area contributed by atoms with E-state index in [1.54, 1.807) is 45.6 Å². The number of fused-ring (bicyclic) bond motifs is 1. The van der Waals surface area contributed by atoms with E-state index < -0.39 is 0 Å². The third-order valence-corrected chi connectivity index (χ3v) is 5.84. The Morgan fingerprint density at radius 2 is 1.56 bits per heavy atom. The summed E-state index contributed by atoms with van der Waals surface area (Å²) in [7, 11) is 4.74. The molecular formula is C30H30O6. The number of methoxy groups -OCH3 is 3. The van der Waals surface area contributed by atoms with Crippen LogP contribution >= 0.6 is 0 Å². The summed E-state index contributed by atoms with van der Waals surface area (Å²) in [6.45, 7) is 2.85. The van der Waals surface area contributed by atoms with Crippen LogP contribution in [0.3, 0.4) is 0 Å². The first-order valence-corrected chi connectivity index (χ1v) is 11.9. The lowest BCUT2D eigenvalue weighted by molar-refractivity contribution is 0.309. The molecule has 4 aromatic rings. The van der Waals surface area contributed by atoms with Crippen molar-refractivity contribution in [1.29, 1.82) is 0 Å². The van der Waals surface area contributed by atoms with Crippen molar-refractivity contribution in [2.45, 2.75) is 19.8 Å². The zero-order chi connectivity index (χ0) is 25.5. The summed E-state index contributed by atoms with van der Waals surface area (Å²) in [6.07, 6.45) is 6.06. The molecule has 1 heterocycles. The lowest BCUT2D eigenvalue weighted by atomic mass is 10.0. The summed E-state index contributed by atoms with van der Waals surface area (Å²) in [6, 6.07) is 18.2. The predicted octanol–water partition coefficient (Wildman–Crippen LogP) is 6.84. The number of unbranched alkanes of at least 4 members (excludes halogenated alkanes) is 1. The summed E-state index contributed by atoms with van der Waals surface area (Å²) < 4.78 is 28.3. The van der Waals surface area contributed by atoms with Gasteiger partial charge in [-0.05, 0) is 53.9 Å². The van der Waals surface area contributed by atoms with Crippen LogP contribution < -0.4 is 24.4 Å². The largest absolute Gasteiger partial charge is 0.497 e. The number of hydrogen-bond donors (Lipinski definition) is 0. The molecule has 3 aromatic carbocycles. The molecule has 0 atom stereocenters. The minimum atomic E-state index is -0.170. The van der Waals surface area contributed by atoms with Crippen molar-refractivity contribution in [3.63, 3.8) is 0 Å². The van der Waals surface area contributed by atoms with Crippen LogP contribution in [0.15, 0.2) is 69.9 Å². The van der Waals surface area contributed by atoms with Gasteiger partial charge in [-0.2, -0.15) is 0 Å². The fourth-order valence-electron chi connectivity index (χ4n) is 3.87. The molecule has 0 fully saturated rings. The van der Waals surface area contributed by atoms with Crippen LogP contribution in [0.4, 0.5) is 0 Å². The van der Waals surface area contributed by atoms with E-state index in [0.717, 1.165) is 29.7 Å². The molecule has 0 amide bonds. The van der Waals surface area contributed by atoms with Gasteiger partial charge in [-0.15, -0.1) is 0 Å². The monoisotopic (exact) mass is 486 g/mol. The van der Waals surface area contributed by atoms with Gasteiger partial charge >= 0.3 is 0 Å². The molecule has 6 nitrogen and oxygen atoms in total. The molecule has 4 rings (SSSR count). The molecule has 36 heavy (non-hydrogen) atoms. The highest BCUT2D eigenvalue weighted by Gasteiger charge is 2.17. The summed E-state index contributed by atoms with van der Waals surface area (Å²) in [4.78, 5) is 13.0. The highest BCUT2D eigenvalue weighted by Crippen LogP contribution is 2.39. The van der Waals surface area contributed by atoms with E-state index in [2.05, 4.69) is 6.92 Å². The van der Waals surface area contributed by atoms with Gasteiger partial charge in [0.1, 0.15) is 34.3 Å². The maximum absolute atomic E-state index is 13.0. The highest BCUT2D eigenvalue weighted by atomic mass is 16.5. The Hall–Kier alpha value is -4.19. The number of ether oxygens (including phenoxy) is 4. The Morgan fingerprint density at radius 1 is 0.806 bits per heavy atom. The molecule has 0 saturated carbocycles. The lowest BCUT2D eigenvalue weighted by Crippen LogP contribution is -2.02. The van der Waals surface area contributed by atoms with Crippen LogP contribution in [0.25, 0.3) is 34.4 Å². The molecule has 1 aromatic heterocycles. The number of hydrogen-bond acceptors (Lipinski definition) is 6. The Kier molecular flexibility index (Phi) is 7.95. The van der Waals surface area contributed by atoms with Gasteiger partial charge in [-0.1, -0.05) is 37.6 Å². The topological polar surface area (TPSA) is 67.1 Å². The minimum Gasteiger partial charge on any atom is -0.497 e. The molecule has 0 spiro atoms. The van der Waals surface area contributed by atoms with Crippen molar-refractivity contribution < 1.29 is 23.4 Å². The van der Waals surface area contributed by atoms with Crippen molar-refractivity contribution in [3.05, 3.63) is 82.0 Å². The SMILES string of the molecule is CCCCOc1ccc(/C=C/c2cc(OC)cc(OC)c2-c2cc(=O)c3cc(OC)ccc3o2)cc1. The van der Waals surface area contributed by atoms with E-state index in [-0.39, 0.29) is 5.43 Å². The van der Waals surface area contributed by atoms with Crippen molar-refractivity contribution in [2.75, 3.05) is 27.9 Å². The van der Waals surface area contributed by atoms with Crippen LogP contribution in [0.5, 0.6) is 23.0 Å². The van der Waals surface area contributed by atoms with Gasteiger partial charge in [0, 0.05) is 12.1 Å². The molecule has 0 N–H and O–H groups in total. The Morgan fingerprint density at radius 3 is 2.25 bits per heavy atom. The van der Waals surface area contributed by atoms with Gasteiger partial charge in [0.05, 0.1) is 38.9 Å². The molecule has 6 heteroatoms. The molecular weight excluding hydrogens is 456 g/mol. The van der Waals surface area contributed by atoms with E-state index in [9.17, 15) is 4.79 Å². The zero-order valence-corrected chi connectivity index (χ0v) is 21.0. The maximum atomic E-state index is 13.0. The Labute approximate surface area is 210 Å². The van der Waals surface area contributed by atoms with Crippen molar-refractivity contribution in [3.8, 4) is 34.3 Å². The standard InChI is InChI=1S/C30H30O6/c1-5-6-15-35-22-11-8-20(9-12-22)7-10-21-16-24(33-3)18-28(34-4)30(21)29-19-26(31)25-17-23(32-2)13-14-27(25)36-29/h7-14,16-19H,5-6,15H2,1-4H3/b10-7+. The minimum absolute atomic E-state index is 0.170.